The number of rotatable bonds is 1. The van der Waals surface area contributed by atoms with Crippen LogP contribution in [0.1, 0.15) is 47.0 Å². The van der Waals surface area contributed by atoms with Crippen molar-refractivity contribution in [1.29, 1.82) is 0 Å². The third-order valence-electron chi connectivity index (χ3n) is 3.64. The van der Waals surface area contributed by atoms with Gasteiger partial charge in [0.2, 0.25) is 0 Å². The summed E-state index contributed by atoms with van der Waals surface area (Å²) in [5, 5.41) is 0. The molecule has 0 aliphatic heterocycles. The molecule has 0 aromatic rings. The van der Waals surface area contributed by atoms with Gasteiger partial charge in [0.1, 0.15) is 0 Å². The van der Waals surface area contributed by atoms with Crippen molar-refractivity contribution in [3.63, 3.8) is 0 Å². The van der Waals surface area contributed by atoms with Crippen LogP contribution >= 0.6 is 0 Å². The smallest absolute Gasteiger partial charge is 0.0386 e. The Morgan fingerprint density at radius 3 is 2.27 bits per heavy atom. The molecule has 0 heterocycles. The largest absolute Gasteiger partial charge is 0.0651 e. The average molecular weight is 154 g/mol. The van der Waals surface area contributed by atoms with Gasteiger partial charge in [0.05, 0.1) is 0 Å². The van der Waals surface area contributed by atoms with Gasteiger partial charge in [-0.05, 0) is 36.5 Å². The standard InChI is InChI=1S/C11H22/c1-5-11-7-8(2)6-9(3)10(11)4/h8-11H,5-7H2,1-4H3/t8-,9+,10-,11-/m0/s1. The molecule has 11 heavy (non-hydrogen) atoms. The van der Waals surface area contributed by atoms with Crippen LogP contribution in [0.3, 0.4) is 0 Å². The maximum absolute atomic E-state index is 2.44. The fraction of sp³-hybridized carbons (Fsp3) is 1.00. The van der Waals surface area contributed by atoms with E-state index in [4.69, 9.17) is 0 Å². The summed E-state index contributed by atoms with van der Waals surface area (Å²) in [6.45, 7) is 9.60. The summed E-state index contributed by atoms with van der Waals surface area (Å²) >= 11 is 0. The van der Waals surface area contributed by atoms with Gasteiger partial charge < -0.3 is 0 Å². The van der Waals surface area contributed by atoms with Gasteiger partial charge >= 0.3 is 0 Å². The highest BCUT2D eigenvalue weighted by Crippen LogP contribution is 2.38. The zero-order valence-corrected chi connectivity index (χ0v) is 8.43. The second kappa shape index (κ2) is 3.60. The first-order valence-electron chi connectivity index (χ1n) is 5.15. The molecule has 0 saturated heterocycles. The fourth-order valence-corrected chi connectivity index (χ4v) is 2.68. The molecule has 0 heteroatoms. The fourth-order valence-electron chi connectivity index (χ4n) is 2.68. The zero-order chi connectivity index (χ0) is 8.43. The maximum atomic E-state index is 2.44. The molecule has 66 valence electrons. The van der Waals surface area contributed by atoms with Crippen molar-refractivity contribution in [2.24, 2.45) is 23.7 Å². The van der Waals surface area contributed by atoms with Crippen molar-refractivity contribution in [3.8, 4) is 0 Å². The Labute approximate surface area is 71.4 Å². The number of hydrogen-bond acceptors (Lipinski definition) is 0. The van der Waals surface area contributed by atoms with Crippen molar-refractivity contribution < 1.29 is 0 Å². The van der Waals surface area contributed by atoms with E-state index in [0.29, 0.717) is 0 Å². The van der Waals surface area contributed by atoms with Crippen LogP contribution in [0.25, 0.3) is 0 Å². The summed E-state index contributed by atoms with van der Waals surface area (Å²) in [7, 11) is 0. The zero-order valence-electron chi connectivity index (χ0n) is 8.43. The molecule has 0 N–H and O–H groups in total. The van der Waals surface area contributed by atoms with E-state index in [9.17, 15) is 0 Å². The van der Waals surface area contributed by atoms with Crippen molar-refractivity contribution in [3.05, 3.63) is 0 Å². The molecule has 0 spiro atoms. The van der Waals surface area contributed by atoms with Crippen molar-refractivity contribution in [2.75, 3.05) is 0 Å². The molecule has 4 atom stereocenters. The topological polar surface area (TPSA) is 0 Å². The Balaban J connectivity index is 2.51. The average Bonchev–Trinajstić information content (AvgIpc) is 1.96. The number of hydrogen-bond donors (Lipinski definition) is 0. The van der Waals surface area contributed by atoms with E-state index < -0.39 is 0 Å². The monoisotopic (exact) mass is 154 g/mol. The molecule has 1 saturated carbocycles. The van der Waals surface area contributed by atoms with Gasteiger partial charge in [0, 0.05) is 0 Å². The van der Waals surface area contributed by atoms with Crippen LogP contribution in [0, 0.1) is 23.7 Å². The Morgan fingerprint density at radius 1 is 1.09 bits per heavy atom. The van der Waals surface area contributed by atoms with Crippen molar-refractivity contribution in [2.45, 2.75) is 47.0 Å². The molecular weight excluding hydrogens is 132 g/mol. The Bertz CT molecular complexity index is 117. The minimum atomic E-state index is 0.962. The van der Waals surface area contributed by atoms with Gasteiger partial charge in [0.25, 0.3) is 0 Å². The van der Waals surface area contributed by atoms with Gasteiger partial charge in [0.15, 0.2) is 0 Å². The molecule has 0 radical (unpaired) electrons. The van der Waals surface area contributed by atoms with Crippen LogP contribution in [0.15, 0.2) is 0 Å². The first kappa shape index (κ1) is 9.09. The first-order chi connectivity index (χ1) is 5.15. The predicted molar refractivity (Wildman–Crippen MR) is 50.5 cm³/mol. The lowest BCUT2D eigenvalue weighted by Gasteiger charge is -2.37. The third-order valence-corrected chi connectivity index (χ3v) is 3.64. The van der Waals surface area contributed by atoms with Gasteiger partial charge in [-0.15, -0.1) is 0 Å². The van der Waals surface area contributed by atoms with E-state index in [-0.39, 0.29) is 0 Å². The first-order valence-corrected chi connectivity index (χ1v) is 5.15. The molecule has 1 aliphatic rings. The molecule has 1 fully saturated rings. The lowest BCUT2D eigenvalue weighted by molar-refractivity contribution is 0.134. The maximum Gasteiger partial charge on any atom is -0.0386 e. The minimum Gasteiger partial charge on any atom is -0.0651 e. The highest BCUT2D eigenvalue weighted by Gasteiger charge is 2.29. The van der Waals surface area contributed by atoms with Gasteiger partial charge in [-0.3, -0.25) is 0 Å². The summed E-state index contributed by atoms with van der Waals surface area (Å²) in [5.41, 5.74) is 0. The lowest BCUT2D eigenvalue weighted by Crippen LogP contribution is -2.27. The lowest BCUT2D eigenvalue weighted by atomic mass is 9.69. The summed E-state index contributed by atoms with van der Waals surface area (Å²) in [6.07, 6.45) is 4.31. The Hall–Kier alpha value is 0. The quantitative estimate of drug-likeness (QED) is 0.540. The summed E-state index contributed by atoms with van der Waals surface area (Å²) < 4.78 is 0. The second-order valence-electron chi connectivity index (χ2n) is 4.58. The molecule has 0 nitrogen and oxygen atoms in total. The van der Waals surface area contributed by atoms with Gasteiger partial charge in [-0.25, -0.2) is 0 Å². The molecule has 1 rings (SSSR count). The van der Waals surface area contributed by atoms with Crippen LogP contribution in [0.4, 0.5) is 0 Å². The SMILES string of the molecule is CC[C@H]1C[C@@H](C)C[C@@H](C)[C@@H]1C. The predicted octanol–water partition coefficient (Wildman–Crippen LogP) is 3.71. The van der Waals surface area contributed by atoms with E-state index in [1.165, 1.54) is 19.3 Å². The van der Waals surface area contributed by atoms with Crippen molar-refractivity contribution >= 4 is 0 Å². The van der Waals surface area contributed by atoms with Crippen LogP contribution in [-0.4, -0.2) is 0 Å². The van der Waals surface area contributed by atoms with Gasteiger partial charge in [-0.1, -0.05) is 34.1 Å². The normalized spacial score (nSPS) is 45.8. The van der Waals surface area contributed by atoms with Gasteiger partial charge in [-0.2, -0.15) is 0 Å². The third kappa shape index (κ3) is 1.98. The molecule has 1 aliphatic carbocycles. The molecule has 0 amide bonds. The highest BCUT2D eigenvalue weighted by molar-refractivity contribution is 4.79. The van der Waals surface area contributed by atoms with E-state index in [1.54, 1.807) is 0 Å². The highest BCUT2D eigenvalue weighted by atomic mass is 14.3. The van der Waals surface area contributed by atoms with E-state index in [1.807, 2.05) is 0 Å². The van der Waals surface area contributed by atoms with Crippen LogP contribution in [0.5, 0.6) is 0 Å². The van der Waals surface area contributed by atoms with Crippen molar-refractivity contribution in [1.82, 2.24) is 0 Å². The molecular formula is C11H22. The van der Waals surface area contributed by atoms with E-state index in [2.05, 4.69) is 27.7 Å². The minimum absolute atomic E-state index is 0.962. The van der Waals surface area contributed by atoms with Crippen LogP contribution < -0.4 is 0 Å². The molecule has 0 aromatic carbocycles. The molecule has 0 unspecified atom stereocenters. The van der Waals surface area contributed by atoms with Crippen LogP contribution in [-0.2, 0) is 0 Å². The summed E-state index contributed by atoms with van der Waals surface area (Å²) in [6, 6.07) is 0. The molecule has 0 bridgehead atoms. The van der Waals surface area contributed by atoms with Crippen LogP contribution in [0.2, 0.25) is 0 Å². The second-order valence-corrected chi connectivity index (χ2v) is 4.58. The van der Waals surface area contributed by atoms with E-state index in [0.717, 1.165) is 23.7 Å². The Morgan fingerprint density at radius 2 is 1.73 bits per heavy atom. The summed E-state index contributed by atoms with van der Waals surface area (Å²) in [5.74, 6) is 3.92. The molecule has 0 aromatic heterocycles. The summed E-state index contributed by atoms with van der Waals surface area (Å²) in [4.78, 5) is 0. The van der Waals surface area contributed by atoms with E-state index >= 15 is 0 Å². The Kier molecular flexibility index (Phi) is 2.98.